The maximum Gasteiger partial charge on any atom is 2.00 e. The van der Waals surface area contributed by atoms with Crippen LogP contribution < -0.4 is 10.2 Å². The van der Waals surface area contributed by atoms with Gasteiger partial charge in [0.2, 0.25) is 0 Å². The zero-order valence-electron chi connectivity index (χ0n) is 7.39. The molecule has 0 aliphatic carbocycles. The Morgan fingerprint density at radius 1 is 1.25 bits per heavy atom. The van der Waals surface area contributed by atoms with E-state index < -0.39 is 6.10 Å². The van der Waals surface area contributed by atoms with Crippen molar-refractivity contribution in [3.05, 3.63) is 0 Å². The first kappa shape index (κ1) is 18.9. The van der Waals surface area contributed by atoms with E-state index in [0.29, 0.717) is 0 Å². The van der Waals surface area contributed by atoms with E-state index >= 15 is 0 Å². The third-order valence-electron chi connectivity index (χ3n) is 0.842. The van der Waals surface area contributed by atoms with Crippen LogP contribution in [-0.2, 0) is 0 Å². The second-order valence-electron chi connectivity index (χ2n) is 1.99. The monoisotopic (exact) mass is 224 g/mol. The van der Waals surface area contributed by atoms with E-state index in [-0.39, 0.29) is 41.4 Å². The molecule has 0 saturated heterocycles. The number of rotatable bonds is 4. The molecule has 0 aliphatic heterocycles. The Hall–Kier alpha value is 1.27. The fraction of sp³-hybridized carbons (Fsp3) is 1.00. The van der Waals surface area contributed by atoms with E-state index in [4.69, 9.17) is 23.2 Å². The number of hydrogen-bond acceptors (Lipinski definition) is 2. The third kappa shape index (κ3) is 22.5. The van der Waals surface area contributed by atoms with Crippen molar-refractivity contribution in [3.63, 3.8) is 0 Å². The van der Waals surface area contributed by atoms with Gasteiger partial charge in [0.25, 0.3) is 0 Å². The van der Waals surface area contributed by atoms with Crippen LogP contribution in [0.15, 0.2) is 0 Å². The van der Waals surface area contributed by atoms with E-state index in [2.05, 4.69) is 0 Å². The molecule has 2 nitrogen and oxygen atoms in total. The molecular weight excluding hydrogens is 211 g/mol. The first-order valence-corrected chi connectivity index (χ1v) is 4.65. The Balaban J connectivity index is -0.000000126. The van der Waals surface area contributed by atoms with Gasteiger partial charge >= 0.3 is 23.1 Å². The number of alkyl halides is 2. The average Bonchev–Trinajstić information content (AvgIpc) is 2.06. The van der Waals surface area contributed by atoms with Crippen molar-refractivity contribution in [3.8, 4) is 0 Å². The molecule has 0 aromatic heterocycles. The van der Waals surface area contributed by atoms with Crippen LogP contribution in [0.2, 0.25) is 0 Å². The van der Waals surface area contributed by atoms with Gasteiger partial charge in [-0.15, -0.1) is 29.8 Å². The molecule has 0 fully saturated rings. The largest absolute Gasteiger partial charge is 2.00 e. The molecule has 0 saturated carbocycles. The minimum atomic E-state index is -0.784. The topological polar surface area (TPSA) is 46.1 Å². The minimum absolute atomic E-state index is 0. The van der Waals surface area contributed by atoms with Crippen molar-refractivity contribution in [1.29, 1.82) is 0 Å². The second kappa shape index (κ2) is 18.1. The van der Waals surface area contributed by atoms with E-state index in [0.717, 1.165) is 12.8 Å². The maximum atomic E-state index is 10.0. The molecule has 0 rings (SSSR count). The molecule has 12 heavy (non-hydrogen) atoms. The number of hydrogen-bond donors (Lipinski definition) is 0. The Bertz CT molecular complexity index is 61.4. The SMILES string of the molecule is CCCC[O-].[Mg+2].[O-]C(CCl)CCl. The van der Waals surface area contributed by atoms with Gasteiger partial charge in [-0.3, -0.25) is 0 Å². The molecule has 5 heteroatoms. The zero-order valence-corrected chi connectivity index (χ0v) is 10.3. The minimum Gasteiger partial charge on any atom is -0.854 e. The Kier molecular flexibility index (Phi) is 28.6. The van der Waals surface area contributed by atoms with Gasteiger partial charge in [-0.2, -0.15) is 0 Å². The van der Waals surface area contributed by atoms with E-state index in [1.54, 1.807) is 0 Å². The van der Waals surface area contributed by atoms with Crippen LogP contribution >= 0.6 is 23.2 Å². The van der Waals surface area contributed by atoms with Gasteiger partial charge in [0.1, 0.15) is 0 Å². The molecule has 0 atom stereocenters. The van der Waals surface area contributed by atoms with Crippen LogP contribution in [0.1, 0.15) is 19.8 Å². The van der Waals surface area contributed by atoms with Crippen LogP contribution in [0, 0.1) is 0 Å². The predicted molar refractivity (Wildman–Crippen MR) is 50.8 cm³/mol. The van der Waals surface area contributed by atoms with Crippen molar-refractivity contribution in [2.75, 3.05) is 18.4 Å². The van der Waals surface area contributed by atoms with Crippen molar-refractivity contribution in [2.24, 2.45) is 0 Å². The van der Waals surface area contributed by atoms with Crippen LogP contribution in [0.3, 0.4) is 0 Å². The van der Waals surface area contributed by atoms with Crippen molar-refractivity contribution < 1.29 is 10.2 Å². The van der Waals surface area contributed by atoms with Gasteiger partial charge in [-0.25, -0.2) is 0 Å². The van der Waals surface area contributed by atoms with Crippen LogP contribution in [0.4, 0.5) is 0 Å². The first-order chi connectivity index (χ1) is 5.22. The Morgan fingerprint density at radius 2 is 1.67 bits per heavy atom. The molecule has 0 aromatic carbocycles. The summed E-state index contributed by atoms with van der Waals surface area (Å²) in [6.07, 6.45) is 1.08. The van der Waals surface area contributed by atoms with Crippen molar-refractivity contribution >= 4 is 46.3 Å². The summed E-state index contributed by atoms with van der Waals surface area (Å²) < 4.78 is 0. The first-order valence-electron chi connectivity index (χ1n) is 3.58. The molecule has 0 aliphatic rings. The van der Waals surface area contributed by atoms with Crippen molar-refractivity contribution in [2.45, 2.75) is 25.9 Å². The van der Waals surface area contributed by atoms with Gasteiger partial charge in [0, 0.05) is 11.8 Å². The fourth-order valence-electron chi connectivity index (χ4n) is 0.186. The summed E-state index contributed by atoms with van der Waals surface area (Å²) in [7, 11) is 0. The zero-order chi connectivity index (χ0) is 9.11. The van der Waals surface area contributed by atoms with Crippen LogP contribution in [-0.4, -0.2) is 47.5 Å². The molecule has 70 valence electrons. The summed E-state index contributed by atoms with van der Waals surface area (Å²) in [6, 6.07) is 0. The molecule has 0 unspecified atom stereocenters. The third-order valence-corrected chi connectivity index (χ3v) is 1.53. The smallest absolute Gasteiger partial charge is 0.854 e. The second-order valence-corrected chi connectivity index (χ2v) is 2.61. The van der Waals surface area contributed by atoms with Gasteiger partial charge < -0.3 is 10.2 Å². The average molecular weight is 225 g/mol. The van der Waals surface area contributed by atoms with E-state index in [1.807, 2.05) is 6.92 Å². The summed E-state index contributed by atoms with van der Waals surface area (Å²) >= 11 is 10.1. The standard InChI is InChI=1S/C4H9O.C3H5Cl2O.Mg/c1-2-3-4-5;4-1-3(6)2-5;/h2-4H2,1H3;3H,1-2H2;/q2*-1;+2. The van der Waals surface area contributed by atoms with Gasteiger partial charge in [-0.05, 0) is 0 Å². The number of halogens is 2. The Morgan fingerprint density at radius 3 is 1.67 bits per heavy atom. The maximum absolute atomic E-state index is 10.0. The quantitative estimate of drug-likeness (QED) is 0.498. The summed E-state index contributed by atoms with van der Waals surface area (Å²) in [5.74, 6) is 0.229. The summed E-state index contributed by atoms with van der Waals surface area (Å²) in [5.41, 5.74) is 0. The molecule has 0 bridgehead atoms. The molecule has 0 amide bonds. The van der Waals surface area contributed by atoms with E-state index in [9.17, 15) is 10.2 Å². The van der Waals surface area contributed by atoms with Gasteiger partial charge in [0.15, 0.2) is 0 Å². The summed E-state index contributed by atoms with van der Waals surface area (Å²) in [5, 5.41) is 19.5. The summed E-state index contributed by atoms with van der Waals surface area (Å²) in [4.78, 5) is 0. The molecule has 0 aromatic rings. The van der Waals surface area contributed by atoms with Gasteiger partial charge in [-0.1, -0.05) is 25.9 Å². The van der Waals surface area contributed by atoms with Crippen molar-refractivity contribution in [1.82, 2.24) is 0 Å². The molecule has 0 N–H and O–H groups in total. The fourth-order valence-corrected chi connectivity index (χ4v) is 0.515. The number of unbranched alkanes of at least 4 members (excludes halogenated alkanes) is 1. The summed E-state index contributed by atoms with van der Waals surface area (Å²) in [6.45, 7) is 2.11. The molecular formula is C7H14Cl2MgO2. The predicted octanol–water partition coefficient (Wildman–Crippen LogP) is -0.0411. The van der Waals surface area contributed by atoms with Crippen LogP contribution in [0.5, 0.6) is 0 Å². The van der Waals surface area contributed by atoms with E-state index in [1.165, 1.54) is 0 Å². The molecule has 0 heterocycles. The Labute approximate surface area is 100 Å². The molecule has 0 spiro atoms. The normalized spacial score (nSPS) is 8.50. The van der Waals surface area contributed by atoms with Crippen LogP contribution in [0.25, 0.3) is 0 Å². The molecule has 0 radical (unpaired) electrons. The van der Waals surface area contributed by atoms with Gasteiger partial charge in [0.05, 0.1) is 0 Å².